The number of carbonyl (C=O) groups is 1. The van der Waals surface area contributed by atoms with E-state index in [1.165, 1.54) is 17.0 Å². The van der Waals surface area contributed by atoms with Crippen molar-refractivity contribution >= 4 is 11.6 Å². The Labute approximate surface area is 155 Å². The van der Waals surface area contributed by atoms with Gasteiger partial charge in [-0.2, -0.15) is 5.10 Å². The smallest absolute Gasteiger partial charge is 0.230 e. The lowest BCUT2D eigenvalue weighted by Crippen LogP contribution is -2.28. The highest BCUT2D eigenvalue weighted by Gasteiger charge is 2.34. The number of carbonyl (C=O) groups excluding carboxylic acids is 1. The number of nitrogens with zero attached hydrogens (tertiary/aromatic N) is 2. The number of hydrogen-bond acceptors (Lipinski definition) is 2. The topological polar surface area (TPSA) is 49.0 Å². The van der Waals surface area contributed by atoms with E-state index in [1.54, 1.807) is 37.5 Å². The number of benzene rings is 2. The summed E-state index contributed by atoms with van der Waals surface area (Å²) in [4.78, 5) is 14.3. The lowest BCUT2D eigenvalue weighted by Gasteiger charge is -2.18. The van der Waals surface area contributed by atoms with Gasteiger partial charge in [-0.15, -0.1) is 0 Å². The van der Waals surface area contributed by atoms with E-state index in [9.17, 15) is 13.6 Å². The van der Waals surface area contributed by atoms with Gasteiger partial charge in [0.1, 0.15) is 11.6 Å². The van der Waals surface area contributed by atoms with Crippen molar-refractivity contribution in [3.05, 3.63) is 71.6 Å². The van der Waals surface area contributed by atoms with Crippen molar-refractivity contribution in [2.24, 2.45) is 5.92 Å². The Kier molecular flexibility index (Phi) is 4.48. The minimum Gasteiger partial charge on any atom is -0.309 e. The highest BCUT2D eigenvalue weighted by atomic mass is 19.1. The molecule has 2 aromatic carbocycles. The number of hydrogen-bond donors (Lipinski definition) is 1. The van der Waals surface area contributed by atoms with Crippen LogP contribution in [0, 0.1) is 24.5 Å². The second kappa shape index (κ2) is 6.95. The molecule has 0 bridgehead atoms. The van der Waals surface area contributed by atoms with E-state index >= 15 is 0 Å². The van der Waals surface area contributed by atoms with Crippen LogP contribution in [0.2, 0.25) is 0 Å². The van der Waals surface area contributed by atoms with Crippen LogP contribution in [0.15, 0.2) is 48.8 Å². The van der Waals surface area contributed by atoms with Crippen molar-refractivity contribution in [1.82, 2.24) is 10.2 Å². The predicted octanol–water partition coefficient (Wildman–Crippen LogP) is 4.26. The van der Waals surface area contributed by atoms with E-state index in [1.807, 2.05) is 6.07 Å². The normalized spacial score (nSPS) is 16.9. The molecule has 1 unspecified atom stereocenters. The molecule has 1 amide bonds. The molecule has 1 aliphatic rings. The van der Waals surface area contributed by atoms with Gasteiger partial charge in [-0.3, -0.25) is 9.89 Å². The first-order valence-corrected chi connectivity index (χ1v) is 8.88. The molecular weight excluding hydrogens is 348 g/mol. The third kappa shape index (κ3) is 3.23. The Balaban J connectivity index is 1.54. The monoisotopic (exact) mass is 367 g/mol. The van der Waals surface area contributed by atoms with Crippen molar-refractivity contribution in [2.45, 2.75) is 19.8 Å². The fraction of sp³-hybridized carbons (Fsp3) is 0.238. The molecule has 4 rings (SSSR count). The summed E-state index contributed by atoms with van der Waals surface area (Å²) in [6, 6.07) is 9.74. The molecule has 0 spiro atoms. The molecule has 1 aromatic heterocycles. The van der Waals surface area contributed by atoms with E-state index in [2.05, 4.69) is 10.2 Å². The first-order valence-electron chi connectivity index (χ1n) is 8.88. The summed E-state index contributed by atoms with van der Waals surface area (Å²) in [7, 11) is 0. The summed E-state index contributed by atoms with van der Waals surface area (Å²) in [5, 5.41) is 6.56. The molecule has 27 heavy (non-hydrogen) atoms. The van der Waals surface area contributed by atoms with Gasteiger partial charge in [-0.1, -0.05) is 18.2 Å². The molecule has 1 fully saturated rings. The fourth-order valence-corrected chi connectivity index (χ4v) is 3.62. The molecule has 1 aliphatic heterocycles. The Morgan fingerprint density at radius 1 is 1.19 bits per heavy atom. The largest absolute Gasteiger partial charge is 0.309 e. The Bertz CT molecular complexity index is 985. The molecule has 1 N–H and O–H groups in total. The van der Waals surface area contributed by atoms with Crippen LogP contribution in [0.1, 0.15) is 17.5 Å². The molecule has 4 nitrogen and oxygen atoms in total. The summed E-state index contributed by atoms with van der Waals surface area (Å²) < 4.78 is 28.4. The van der Waals surface area contributed by atoms with Gasteiger partial charge in [-0.25, -0.2) is 8.78 Å². The average molecular weight is 367 g/mol. The van der Waals surface area contributed by atoms with E-state index in [0.29, 0.717) is 30.5 Å². The molecule has 138 valence electrons. The SMILES string of the molecule is Cc1c(F)cccc1CC1CCN(c2ccc(-c3cn[nH]c3)cc2F)C1=O. The summed E-state index contributed by atoms with van der Waals surface area (Å²) in [6.45, 7) is 2.18. The minimum atomic E-state index is -0.440. The lowest BCUT2D eigenvalue weighted by atomic mass is 9.95. The second-order valence-corrected chi connectivity index (χ2v) is 6.86. The zero-order valence-electron chi connectivity index (χ0n) is 14.9. The fourth-order valence-electron chi connectivity index (χ4n) is 3.62. The van der Waals surface area contributed by atoms with E-state index in [-0.39, 0.29) is 23.3 Å². The van der Waals surface area contributed by atoms with Crippen LogP contribution in [0.3, 0.4) is 0 Å². The minimum absolute atomic E-state index is 0.117. The maximum atomic E-state index is 14.7. The van der Waals surface area contributed by atoms with E-state index in [0.717, 1.165) is 11.1 Å². The van der Waals surface area contributed by atoms with E-state index < -0.39 is 5.82 Å². The molecule has 6 heteroatoms. The van der Waals surface area contributed by atoms with Gasteiger partial charge in [-0.05, 0) is 54.7 Å². The average Bonchev–Trinajstić information content (AvgIpc) is 3.30. The van der Waals surface area contributed by atoms with Crippen molar-refractivity contribution in [3.8, 4) is 11.1 Å². The van der Waals surface area contributed by atoms with Crippen LogP contribution in [0.4, 0.5) is 14.5 Å². The van der Waals surface area contributed by atoms with Crippen LogP contribution in [-0.4, -0.2) is 22.6 Å². The first kappa shape index (κ1) is 17.4. The van der Waals surface area contributed by atoms with Crippen molar-refractivity contribution in [3.63, 3.8) is 0 Å². The van der Waals surface area contributed by atoms with Crippen LogP contribution in [0.5, 0.6) is 0 Å². The molecule has 2 heterocycles. The Morgan fingerprint density at radius 3 is 2.78 bits per heavy atom. The number of aromatic nitrogens is 2. The van der Waals surface area contributed by atoms with Crippen LogP contribution >= 0.6 is 0 Å². The van der Waals surface area contributed by atoms with Gasteiger partial charge in [0.05, 0.1) is 11.9 Å². The lowest BCUT2D eigenvalue weighted by molar-refractivity contribution is -0.120. The number of rotatable bonds is 4. The molecule has 0 radical (unpaired) electrons. The van der Waals surface area contributed by atoms with Crippen LogP contribution in [0.25, 0.3) is 11.1 Å². The number of nitrogens with one attached hydrogen (secondary N) is 1. The van der Waals surface area contributed by atoms with Crippen molar-refractivity contribution in [2.75, 3.05) is 11.4 Å². The quantitative estimate of drug-likeness (QED) is 0.749. The van der Waals surface area contributed by atoms with Crippen LogP contribution in [-0.2, 0) is 11.2 Å². The molecule has 1 saturated heterocycles. The Hall–Kier alpha value is -3.02. The van der Waals surface area contributed by atoms with Gasteiger partial charge in [0.25, 0.3) is 0 Å². The molecular formula is C21H19F2N3O. The standard InChI is InChI=1S/C21H19F2N3O/c1-13-14(3-2-4-18(13)22)9-16-7-8-26(21(16)27)20-6-5-15(10-19(20)23)17-11-24-25-12-17/h2-6,10-12,16H,7-9H2,1H3,(H,24,25). The first-order chi connectivity index (χ1) is 13.0. The third-order valence-electron chi connectivity index (χ3n) is 5.23. The third-order valence-corrected chi connectivity index (χ3v) is 5.23. The maximum absolute atomic E-state index is 14.7. The zero-order chi connectivity index (χ0) is 19.0. The number of anilines is 1. The number of halogens is 2. The van der Waals surface area contributed by atoms with E-state index in [4.69, 9.17) is 0 Å². The summed E-state index contributed by atoms with van der Waals surface area (Å²) >= 11 is 0. The van der Waals surface area contributed by atoms with Gasteiger partial charge in [0, 0.05) is 24.2 Å². The summed E-state index contributed by atoms with van der Waals surface area (Å²) in [5.74, 6) is -1.09. The Morgan fingerprint density at radius 2 is 2.04 bits per heavy atom. The second-order valence-electron chi connectivity index (χ2n) is 6.86. The molecule has 3 aromatic rings. The van der Waals surface area contributed by atoms with Gasteiger partial charge in [0.2, 0.25) is 5.91 Å². The molecule has 0 saturated carbocycles. The molecule has 1 atom stereocenters. The summed E-state index contributed by atoms with van der Waals surface area (Å²) in [6.07, 6.45) is 4.39. The van der Waals surface area contributed by atoms with Gasteiger partial charge in [0.15, 0.2) is 0 Å². The van der Waals surface area contributed by atoms with Crippen molar-refractivity contribution < 1.29 is 13.6 Å². The van der Waals surface area contributed by atoms with Crippen molar-refractivity contribution in [1.29, 1.82) is 0 Å². The van der Waals surface area contributed by atoms with Gasteiger partial charge >= 0.3 is 0 Å². The predicted molar refractivity (Wildman–Crippen MR) is 99.3 cm³/mol. The number of amides is 1. The zero-order valence-corrected chi connectivity index (χ0v) is 14.9. The highest BCUT2D eigenvalue weighted by Crippen LogP contribution is 2.32. The maximum Gasteiger partial charge on any atom is 0.230 e. The summed E-state index contributed by atoms with van der Waals surface area (Å²) in [5.41, 5.74) is 3.16. The van der Waals surface area contributed by atoms with Gasteiger partial charge < -0.3 is 4.90 Å². The molecule has 0 aliphatic carbocycles. The number of aromatic amines is 1. The highest BCUT2D eigenvalue weighted by molar-refractivity contribution is 5.97. The number of H-pyrrole nitrogens is 1. The van der Waals surface area contributed by atoms with Crippen LogP contribution < -0.4 is 4.90 Å².